The van der Waals surface area contributed by atoms with Gasteiger partial charge in [0.25, 0.3) is 0 Å². The number of fused-ring (bicyclic) bond motifs is 1. The van der Waals surface area contributed by atoms with Crippen LogP contribution in [0.15, 0.2) is 84.4 Å². The van der Waals surface area contributed by atoms with E-state index in [0.29, 0.717) is 18.9 Å². The number of carbonyl (C=O) groups excluding carboxylic acids is 1. The standard InChI is InChI=1S/C31H32N2O4/c1-22(31(35)36)19-26-23(2)33(20-29(34)32(3)18-17-24-11-6-4-7-12-24)27-15-10-16-28(30(26)27)37-21-25-13-8-5-9-14-25/h4-16,19H,17-18,20-21H2,1-3H3,(H,35,36). The van der Waals surface area contributed by atoms with Crippen molar-refractivity contribution in [3.63, 3.8) is 0 Å². The first-order valence-corrected chi connectivity index (χ1v) is 12.3. The maximum atomic E-state index is 13.2. The zero-order chi connectivity index (χ0) is 26.4. The van der Waals surface area contributed by atoms with E-state index in [1.54, 1.807) is 17.9 Å². The molecule has 0 saturated carbocycles. The first-order valence-electron chi connectivity index (χ1n) is 12.3. The molecule has 1 heterocycles. The molecule has 1 amide bonds. The van der Waals surface area contributed by atoms with Crippen LogP contribution < -0.4 is 4.74 Å². The molecule has 1 aromatic heterocycles. The molecule has 0 aliphatic heterocycles. The van der Waals surface area contributed by atoms with Crippen LogP contribution in [0.5, 0.6) is 5.75 Å². The maximum absolute atomic E-state index is 13.2. The second-order valence-corrected chi connectivity index (χ2v) is 9.19. The summed E-state index contributed by atoms with van der Waals surface area (Å²) in [7, 11) is 1.82. The molecular weight excluding hydrogens is 464 g/mol. The number of aromatic nitrogens is 1. The molecule has 0 aliphatic carbocycles. The van der Waals surface area contributed by atoms with Gasteiger partial charge in [0.2, 0.25) is 5.91 Å². The van der Waals surface area contributed by atoms with Crippen molar-refractivity contribution >= 4 is 28.9 Å². The van der Waals surface area contributed by atoms with Crippen molar-refractivity contribution < 1.29 is 19.4 Å². The average molecular weight is 497 g/mol. The normalized spacial score (nSPS) is 11.5. The van der Waals surface area contributed by atoms with Gasteiger partial charge in [-0.05, 0) is 49.6 Å². The van der Waals surface area contributed by atoms with Gasteiger partial charge in [-0.2, -0.15) is 0 Å². The summed E-state index contributed by atoms with van der Waals surface area (Å²) in [5.74, 6) is -0.353. The third-order valence-electron chi connectivity index (χ3n) is 6.59. The van der Waals surface area contributed by atoms with Gasteiger partial charge in [0.1, 0.15) is 18.9 Å². The Bertz CT molecular complexity index is 1420. The van der Waals surface area contributed by atoms with E-state index >= 15 is 0 Å². The van der Waals surface area contributed by atoms with E-state index in [1.165, 1.54) is 5.56 Å². The molecule has 0 fully saturated rings. The topological polar surface area (TPSA) is 71.8 Å². The van der Waals surface area contributed by atoms with Crippen LogP contribution in [0.3, 0.4) is 0 Å². The molecule has 37 heavy (non-hydrogen) atoms. The molecular formula is C31H32N2O4. The number of aliphatic carboxylic acids is 1. The molecule has 1 N–H and O–H groups in total. The second-order valence-electron chi connectivity index (χ2n) is 9.19. The highest BCUT2D eigenvalue weighted by Gasteiger charge is 2.20. The minimum absolute atomic E-state index is 0.0166. The van der Waals surface area contributed by atoms with Gasteiger partial charge in [0, 0.05) is 35.8 Å². The summed E-state index contributed by atoms with van der Waals surface area (Å²) in [5, 5.41) is 10.3. The summed E-state index contributed by atoms with van der Waals surface area (Å²) >= 11 is 0. The molecule has 0 aliphatic rings. The van der Waals surface area contributed by atoms with Crippen molar-refractivity contribution in [1.29, 1.82) is 0 Å². The third kappa shape index (κ3) is 6.09. The smallest absolute Gasteiger partial charge is 0.331 e. The van der Waals surface area contributed by atoms with Gasteiger partial charge in [-0.3, -0.25) is 4.79 Å². The number of likely N-dealkylation sites (N-methyl/N-ethyl adjacent to an activating group) is 1. The Balaban J connectivity index is 1.66. The lowest BCUT2D eigenvalue weighted by molar-refractivity contribution is -0.132. The number of carbonyl (C=O) groups is 2. The lowest BCUT2D eigenvalue weighted by Gasteiger charge is -2.19. The van der Waals surface area contributed by atoms with Gasteiger partial charge >= 0.3 is 5.97 Å². The summed E-state index contributed by atoms with van der Waals surface area (Å²) in [4.78, 5) is 26.6. The van der Waals surface area contributed by atoms with Gasteiger partial charge < -0.3 is 19.3 Å². The van der Waals surface area contributed by atoms with Gasteiger partial charge in [-0.15, -0.1) is 0 Å². The van der Waals surface area contributed by atoms with E-state index in [1.807, 2.05) is 85.3 Å². The molecule has 0 atom stereocenters. The first kappa shape index (κ1) is 25.8. The zero-order valence-electron chi connectivity index (χ0n) is 21.5. The largest absolute Gasteiger partial charge is 0.488 e. The highest BCUT2D eigenvalue weighted by molar-refractivity contribution is 6.01. The number of nitrogens with zero attached hydrogens (tertiary/aromatic N) is 2. The van der Waals surface area contributed by atoms with E-state index in [4.69, 9.17) is 4.74 Å². The van der Waals surface area contributed by atoms with E-state index in [9.17, 15) is 14.7 Å². The molecule has 3 aromatic carbocycles. The lowest BCUT2D eigenvalue weighted by Crippen LogP contribution is -2.32. The fourth-order valence-corrected chi connectivity index (χ4v) is 4.36. The minimum atomic E-state index is -0.986. The van der Waals surface area contributed by atoms with Crippen molar-refractivity contribution in [3.05, 3.63) is 107 Å². The molecule has 0 unspecified atom stereocenters. The van der Waals surface area contributed by atoms with Crippen molar-refractivity contribution in [2.45, 2.75) is 33.4 Å². The number of benzene rings is 3. The van der Waals surface area contributed by atoms with Gasteiger partial charge in [0.15, 0.2) is 0 Å². The molecule has 0 spiro atoms. The molecule has 0 bridgehead atoms. The number of hydrogen-bond donors (Lipinski definition) is 1. The number of carboxylic acid groups (broad SMARTS) is 1. The van der Waals surface area contributed by atoms with E-state index < -0.39 is 5.97 Å². The minimum Gasteiger partial charge on any atom is -0.488 e. The molecule has 6 heteroatoms. The van der Waals surface area contributed by atoms with Gasteiger partial charge in [-0.25, -0.2) is 4.79 Å². The van der Waals surface area contributed by atoms with E-state index in [2.05, 4.69) is 12.1 Å². The Hall–Kier alpha value is -4.32. The SMILES string of the molecule is CC(=Cc1c(C)n(CC(=O)N(C)CCc2ccccc2)c2cccc(OCc3ccccc3)c12)C(=O)O. The number of rotatable bonds is 10. The Labute approximate surface area is 217 Å². The van der Waals surface area contributed by atoms with Crippen LogP contribution in [0, 0.1) is 6.92 Å². The van der Waals surface area contributed by atoms with Crippen LogP contribution in [-0.2, 0) is 29.2 Å². The summed E-state index contributed by atoms with van der Waals surface area (Å²) < 4.78 is 8.16. The third-order valence-corrected chi connectivity index (χ3v) is 6.59. The predicted octanol–water partition coefficient (Wildman–Crippen LogP) is 5.72. The average Bonchev–Trinajstić information content (AvgIpc) is 3.17. The summed E-state index contributed by atoms with van der Waals surface area (Å²) in [6.07, 6.45) is 2.44. The van der Waals surface area contributed by atoms with Crippen LogP contribution in [0.1, 0.15) is 29.3 Å². The maximum Gasteiger partial charge on any atom is 0.331 e. The van der Waals surface area contributed by atoms with Gasteiger partial charge in [0.05, 0.1) is 5.52 Å². The van der Waals surface area contributed by atoms with Crippen LogP contribution >= 0.6 is 0 Å². The second kappa shape index (κ2) is 11.6. The van der Waals surface area contributed by atoms with Crippen molar-refractivity contribution in [1.82, 2.24) is 9.47 Å². The zero-order valence-corrected chi connectivity index (χ0v) is 21.5. The van der Waals surface area contributed by atoms with Gasteiger partial charge in [-0.1, -0.05) is 66.7 Å². The Morgan fingerprint density at radius 1 is 0.946 bits per heavy atom. The summed E-state index contributed by atoms with van der Waals surface area (Å²) in [6, 6.07) is 25.7. The molecule has 4 rings (SSSR count). The number of ether oxygens (including phenoxy) is 1. The molecule has 0 saturated heterocycles. The van der Waals surface area contributed by atoms with E-state index in [-0.39, 0.29) is 18.0 Å². The highest BCUT2D eigenvalue weighted by atomic mass is 16.5. The molecule has 6 nitrogen and oxygen atoms in total. The van der Waals surface area contributed by atoms with Crippen molar-refractivity contribution in [3.8, 4) is 5.75 Å². The van der Waals surface area contributed by atoms with Crippen molar-refractivity contribution in [2.75, 3.05) is 13.6 Å². The number of carboxylic acids is 1. The van der Waals surface area contributed by atoms with Crippen LogP contribution in [0.2, 0.25) is 0 Å². The first-order chi connectivity index (χ1) is 17.8. The molecule has 4 aromatic rings. The summed E-state index contributed by atoms with van der Waals surface area (Å²) in [6.45, 7) is 4.62. The number of amides is 1. The van der Waals surface area contributed by atoms with Crippen molar-refractivity contribution in [2.24, 2.45) is 0 Å². The highest BCUT2D eigenvalue weighted by Crippen LogP contribution is 2.35. The molecule has 0 radical (unpaired) electrons. The fraction of sp³-hybridized carbons (Fsp3) is 0.226. The van der Waals surface area contributed by atoms with Crippen LogP contribution in [0.4, 0.5) is 0 Å². The lowest BCUT2D eigenvalue weighted by atomic mass is 10.1. The van der Waals surface area contributed by atoms with Crippen LogP contribution in [-0.4, -0.2) is 40.0 Å². The van der Waals surface area contributed by atoms with Crippen LogP contribution in [0.25, 0.3) is 17.0 Å². The Morgan fingerprint density at radius 2 is 1.59 bits per heavy atom. The quantitative estimate of drug-likeness (QED) is 0.285. The predicted molar refractivity (Wildman–Crippen MR) is 147 cm³/mol. The summed E-state index contributed by atoms with van der Waals surface area (Å²) in [5.41, 5.74) is 4.82. The molecule has 190 valence electrons. The fourth-order valence-electron chi connectivity index (χ4n) is 4.36. The monoisotopic (exact) mass is 496 g/mol. The Kier molecular flexibility index (Phi) is 8.08. The number of hydrogen-bond acceptors (Lipinski definition) is 3. The Morgan fingerprint density at radius 3 is 2.24 bits per heavy atom. The van der Waals surface area contributed by atoms with E-state index in [0.717, 1.165) is 34.1 Å².